The van der Waals surface area contributed by atoms with E-state index in [1.807, 2.05) is 0 Å². The SMILES string of the molecule is COc1cc(Br)cc(S(=O)(=O)N2CCCC2C(=O)O)c1. The van der Waals surface area contributed by atoms with E-state index in [4.69, 9.17) is 9.84 Å². The van der Waals surface area contributed by atoms with Crippen molar-refractivity contribution in [1.82, 2.24) is 4.31 Å². The second-order valence-corrected chi connectivity index (χ2v) is 7.25. The Kier molecular flexibility index (Phi) is 4.36. The number of ether oxygens (including phenoxy) is 1. The van der Waals surface area contributed by atoms with Gasteiger partial charge in [-0.2, -0.15) is 4.31 Å². The van der Waals surface area contributed by atoms with Gasteiger partial charge in [-0.1, -0.05) is 15.9 Å². The first-order chi connectivity index (χ1) is 9.36. The fourth-order valence-electron chi connectivity index (χ4n) is 2.21. The van der Waals surface area contributed by atoms with Crippen molar-refractivity contribution < 1.29 is 23.1 Å². The maximum absolute atomic E-state index is 12.6. The first kappa shape index (κ1) is 15.3. The Morgan fingerprint density at radius 2 is 2.15 bits per heavy atom. The zero-order chi connectivity index (χ0) is 14.9. The van der Waals surface area contributed by atoms with E-state index in [-0.39, 0.29) is 11.4 Å². The molecule has 0 aromatic heterocycles. The first-order valence-corrected chi connectivity index (χ1v) is 8.19. The summed E-state index contributed by atoms with van der Waals surface area (Å²) in [5, 5.41) is 9.11. The lowest BCUT2D eigenvalue weighted by atomic mass is 10.2. The molecule has 1 aliphatic rings. The molecule has 1 saturated heterocycles. The summed E-state index contributed by atoms with van der Waals surface area (Å²) >= 11 is 3.22. The average Bonchev–Trinajstić information content (AvgIpc) is 2.88. The van der Waals surface area contributed by atoms with Crippen LogP contribution in [0.4, 0.5) is 0 Å². The fourth-order valence-corrected chi connectivity index (χ4v) is 4.55. The first-order valence-electron chi connectivity index (χ1n) is 5.95. The Morgan fingerprint density at radius 3 is 2.75 bits per heavy atom. The van der Waals surface area contributed by atoms with Crippen molar-refractivity contribution in [3.63, 3.8) is 0 Å². The van der Waals surface area contributed by atoms with Gasteiger partial charge >= 0.3 is 5.97 Å². The molecule has 1 aromatic rings. The monoisotopic (exact) mass is 363 g/mol. The normalized spacial score (nSPS) is 20.0. The number of hydrogen-bond acceptors (Lipinski definition) is 4. The predicted octanol–water partition coefficient (Wildman–Crippen LogP) is 1.70. The lowest BCUT2D eigenvalue weighted by Gasteiger charge is -2.21. The van der Waals surface area contributed by atoms with Gasteiger partial charge in [-0.25, -0.2) is 8.42 Å². The van der Waals surface area contributed by atoms with E-state index in [1.165, 1.54) is 19.2 Å². The van der Waals surface area contributed by atoms with Gasteiger partial charge in [0.05, 0.1) is 12.0 Å². The van der Waals surface area contributed by atoms with Crippen molar-refractivity contribution >= 4 is 31.9 Å². The van der Waals surface area contributed by atoms with Gasteiger partial charge in [-0.3, -0.25) is 4.79 Å². The van der Waals surface area contributed by atoms with E-state index in [0.717, 1.165) is 4.31 Å². The number of rotatable bonds is 4. The smallest absolute Gasteiger partial charge is 0.322 e. The minimum absolute atomic E-state index is 0.0249. The Labute approximate surface area is 125 Å². The minimum atomic E-state index is -3.85. The summed E-state index contributed by atoms with van der Waals surface area (Å²) in [6, 6.07) is 3.47. The Morgan fingerprint density at radius 1 is 1.45 bits per heavy atom. The second kappa shape index (κ2) is 5.71. The van der Waals surface area contributed by atoms with Crippen LogP contribution in [0.15, 0.2) is 27.6 Å². The van der Waals surface area contributed by atoms with Gasteiger partial charge in [-0.15, -0.1) is 0 Å². The van der Waals surface area contributed by atoms with Gasteiger partial charge in [0, 0.05) is 17.1 Å². The van der Waals surface area contributed by atoms with E-state index < -0.39 is 22.0 Å². The van der Waals surface area contributed by atoms with Crippen molar-refractivity contribution in [2.45, 2.75) is 23.8 Å². The molecular formula is C12H14BrNO5S. The highest BCUT2D eigenvalue weighted by molar-refractivity contribution is 9.10. The average molecular weight is 364 g/mol. The van der Waals surface area contributed by atoms with Crippen LogP contribution in [-0.2, 0) is 14.8 Å². The third-order valence-corrected chi connectivity index (χ3v) is 5.52. The summed E-state index contributed by atoms with van der Waals surface area (Å²) in [5.41, 5.74) is 0. The molecule has 0 saturated carbocycles. The molecule has 1 heterocycles. The van der Waals surface area contributed by atoms with Crippen molar-refractivity contribution in [1.29, 1.82) is 0 Å². The number of sulfonamides is 1. The molecule has 0 amide bonds. The standard InChI is InChI=1S/C12H14BrNO5S/c1-19-9-5-8(13)6-10(7-9)20(17,18)14-4-2-3-11(14)12(15)16/h5-7,11H,2-4H2,1H3,(H,15,16). The van der Waals surface area contributed by atoms with Crippen LogP contribution in [0.1, 0.15) is 12.8 Å². The number of carboxylic acid groups (broad SMARTS) is 1. The van der Waals surface area contributed by atoms with Gasteiger partial charge in [-0.05, 0) is 25.0 Å². The molecule has 1 N–H and O–H groups in total. The number of nitrogens with zero attached hydrogens (tertiary/aromatic N) is 1. The molecule has 1 aliphatic heterocycles. The largest absolute Gasteiger partial charge is 0.497 e. The van der Waals surface area contributed by atoms with E-state index >= 15 is 0 Å². The van der Waals surface area contributed by atoms with Crippen LogP contribution in [0, 0.1) is 0 Å². The van der Waals surface area contributed by atoms with E-state index in [9.17, 15) is 13.2 Å². The van der Waals surface area contributed by atoms with Crippen molar-refractivity contribution in [2.75, 3.05) is 13.7 Å². The van der Waals surface area contributed by atoms with Crippen LogP contribution in [0.5, 0.6) is 5.75 Å². The Hall–Kier alpha value is -1.12. The molecule has 20 heavy (non-hydrogen) atoms. The lowest BCUT2D eigenvalue weighted by Crippen LogP contribution is -2.40. The van der Waals surface area contributed by atoms with Crippen molar-refractivity contribution in [3.05, 3.63) is 22.7 Å². The van der Waals surface area contributed by atoms with E-state index in [1.54, 1.807) is 6.07 Å². The number of carbonyl (C=O) groups is 1. The fraction of sp³-hybridized carbons (Fsp3) is 0.417. The van der Waals surface area contributed by atoms with Gasteiger partial charge in [0.25, 0.3) is 0 Å². The molecule has 1 fully saturated rings. The second-order valence-electron chi connectivity index (χ2n) is 4.44. The van der Waals surface area contributed by atoms with Gasteiger partial charge in [0.2, 0.25) is 10.0 Å². The lowest BCUT2D eigenvalue weighted by molar-refractivity contribution is -0.140. The van der Waals surface area contributed by atoms with Crippen LogP contribution < -0.4 is 4.74 Å². The molecule has 1 unspecified atom stereocenters. The van der Waals surface area contributed by atoms with Crippen LogP contribution >= 0.6 is 15.9 Å². The van der Waals surface area contributed by atoms with Crippen molar-refractivity contribution in [2.24, 2.45) is 0 Å². The summed E-state index contributed by atoms with van der Waals surface area (Å²) in [7, 11) is -2.41. The molecule has 6 nitrogen and oxygen atoms in total. The zero-order valence-electron chi connectivity index (χ0n) is 10.7. The molecular weight excluding hydrogens is 350 g/mol. The predicted molar refractivity (Wildman–Crippen MR) is 75.2 cm³/mol. The summed E-state index contributed by atoms with van der Waals surface area (Å²) in [4.78, 5) is 11.2. The van der Waals surface area contributed by atoms with Crippen LogP contribution in [-0.4, -0.2) is 43.5 Å². The van der Waals surface area contributed by atoms with Crippen molar-refractivity contribution in [3.8, 4) is 5.75 Å². The quantitative estimate of drug-likeness (QED) is 0.879. The highest BCUT2D eigenvalue weighted by Crippen LogP contribution is 2.30. The Bertz CT molecular complexity index is 631. The van der Waals surface area contributed by atoms with Crippen LogP contribution in [0.2, 0.25) is 0 Å². The third kappa shape index (κ3) is 2.82. The molecule has 0 bridgehead atoms. The highest BCUT2D eigenvalue weighted by atomic mass is 79.9. The highest BCUT2D eigenvalue weighted by Gasteiger charge is 2.39. The number of benzene rings is 1. The molecule has 110 valence electrons. The molecule has 0 radical (unpaired) electrons. The molecule has 0 spiro atoms. The van der Waals surface area contributed by atoms with E-state index in [0.29, 0.717) is 23.1 Å². The van der Waals surface area contributed by atoms with Gasteiger partial charge < -0.3 is 9.84 Å². The topological polar surface area (TPSA) is 83.9 Å². The van der Waals surface area contributed by atoms with Crippen LogP contribution in [0.3, 0.4) is 0 Å². The van der Waals surface area contributed by atoms with Gasteiger partial charge in [0.15, 0.2) is 0 Å². The summed E-state index contributed by atoms with van der Waals surface area (Å²) in [6.07, 6.45) is 0.876. The minimum Gasteiger partial charge on any atom is -0.497 e. The molecule has 1 atom stereocenters. The zero-order valence-corrected chi connectivity index (χ0v) is 13.1. The molecule has 8 heteroatoms. The number of halogens is 1. The van der Waals surface area contributed by atoms with E-state index in [2.05, 4.69) is 15.9 Å². The molecule has 1 aromatic carbocycles. The maximum atomic E-state index is 12.6. The maximum Gasteiger partial charge on any atom is 0.322 e. The number of methoxy groups -OCH3 is 1. The van der Waals surface area contributed by atoms with Crippen LogP contribution in [0.25, 0.3) is 0 Å². The molecule has 0 aliphatic carbocycles. The summed E-state index contributed by atoms with van der Waals surface area (Å²) < 4.78 is 31.7. The Balaban J connectivity index is 2.44. The summed E-state index contributed by atoms with van der Waals surface area (Å²) in [6.45, 7) is 0.216. The number of hydrogen-bond donors (Lipinski definition) is 1. The third-order valence-electron chi connectivity index (χ3n) is 3.18. The summed E-state index contributed by atoms with van der Waals surface area (Å²) in [5.74, 6) is -0.725. The molecule has 2 rings (SSSR count). The number of carboxylic acids is 1. The van der Waals surface area contributed by atoms with Gasteiger partial charge in [0.1, 0.15) is 11.8 Å². The number of aliphatic carboxylic acids is 1.